The van der Waals surface area contributed by atoms with Gasteiger partial charge in [-0.25, -0.2) is 0 Å². The highest BCUT2D eigenvalue weighted by atomic mass is 16.2. The molecule has 0 spiro atoms. The highest BCUT2D eigenvalue weighted by Gasteiger charge is 2.34. The predicted molar refractivity (Wildman–Crippen MR) is 64.1 cm³/mol. The van der Waals surface area contributed by atoms with E-state index in [1.165, 1.54) is 0 Å². The minimum atomic E-state index is -0.297. The molecule has 0 bridgehead atoms. The van der Waals surface area contributed by atoms with Crippen LogP contribution >= 0.6 is 0 Å². The summed E-state index contributed by atoms with van der Waals surface area (Å²) in [5.74, 6) is 1.04. The Balaban J connectivity index is 1.94. The van der Waals surface area contributed by atoms with Crippen molar-refractivity contribution in [2.45, 2.75) is 32.2 Å². The van der Waals surface area contributed by atoms with Crippen molar-refractivity contribution in [1.29, 1.82) is 0 Å². The van der Waals surface area contributed by atoms with Gasteiger partial charge >= 0.3 is 0 Å². The largest absolute Gasteiger partial charge is 0.344 e. The summed E-state index contributed by atoms with van der Waals surface area (Å²) in [5, 5.41) is 2.73. The summed E-state index contributed by atoms with van der Waals surface area (Å²) >= 11 is 0. The number of carbonyl (C=O) groups excluding carboxylic acids is 2. The molecule has 5 heteroatoms. The molecule has 2 rings (SSSR count). The van der Waals surface area contributed by atoms with Gasteiger partial charge < -0.3 is 16.0 Å². The monoisotopic (exact) mass is 239 g/mol. The maximum atomic E-state index is 12.2. The van der Waals surface area contributed by atoms with E-state index in [0.29, 0.717) is 31.2 Å². The topological polar surface area (TPSA) is 75.4 Å². The van der Waals surface area contributed by atoms with Crippen LogP contribution in [0.25, 0.3) is 0 Å². The lowest BCUT2D eigenvalue weighted by Crippen LogP contribution is -2.51. The number of amides is 2. The molecule has 3 N–H and O–H groups in total. The van der Waals surface area contributed by atoms with Crippen molar-refractivity contribution in [2.24, 2.45) is 17.6 Å². The molecule has 2 saturated heterocycles. The summed E-state index contributed by atoms with van der Waals surface area (Å²) in [6, 6.07) is -0.297. The number of hydrogen-bond acceptors (Lipinski definition) is 3. The molecule has 2 amide bonds. The third kappa shape index (κ3) is 2.60. The number of likely N-dealkylation sites (tertiary alicyclic amines) is 1. The molecule has 5 nitrogen and oxygen atoms in total. The highest BCUT2D eigenvalue weighted by Crippen LogP contribution is 2.23. The van der Waals surface area contributed by atoms with Gasteiger partial charge in [-0.05, 0) is 31.2 Å². The van der Waals surface area contributed by atoms with Crippen LogP contribution in [-0.2, 0) is 9.59 Å². The van der Waals surface area contributed by atoms with Gasteiger partial charge in [0.15, 0.2) is 0 Å². The van der Waals surface area contributed by atoms with Crippen molar-refractivity contribution in [2.75, 3.05) is 19.6 Å². The summed E-state index contributed by atoms with van der Waals surface area (Å²) in [6.45, 7) is 4.35. The fraction of sp³-hybridized carbons (Fsp3) is 0.833. The van der Waals surface area contributed by atoms with Gasteiger partial charge in [-0.1, -0.05) is 6.92 Å². The van der Waals surface area contributed by atoms with E-state index in [1.807, 2.05) is 4.90 Å². The molecule has 2 aliphatic heterocycles. The van der Waals surface area contributed by atoms with E-state index in [1.54, 1.807) is 0 Å². The smallest absolute Gasteiger partial charge is 0.245 e. The summed E-state index contributed by atoms with van der Waals surface area (Å²) in [5.41, 5.74) is 5.72. The van der Waals surface area contributed by atoms with Gasteiger partial charge in [-0.15, -0.1) is 0 Å². The normalized spacial score (nSPS) is 33.6. The van der Waals surface area contributed by atoms with Gasteiger partial charge in [0.2, 0.25) is 11.8 Å². The van der Waals surface area contributed by atoms with Crippen LogP contribution in [0.3, 0.4) is 0 Å². The molecule has 0 aliphatic carbocycles. The first-order chi connectivity index (χ1) is 8.11. The molecule has 3 unspecified atom stereocenters. The molecule has 2 fully saturated rings. The minimum absolute atomic E-state index is 0.0101. The van der Waals surface area contributed by atoms with Crippen molar-refractivity contribution < 1.29 is 9.59 Å². The average Bonchev–Trinajstić information content (AvgIpc) is 2.75. The second kappa shape index (κ2) is 5.04. The number of nitrogens with two attached hydrogens (primary N) is 1. The van der Waals surface area contributed by atoms with E-state index in [4.69, 9.17) is 5.73 Å². The van der Waals surface area contributed by atoms with E-state index in [0.717, 1.165) is 19.5 Å². The van der Waals surface area contributed by atoms with Crippen molar-refractivity contribution >= 4 is 11.8 Å². The molecule has 17 heavy (non-hydrogen) atoms. The fourth-order valence-corrected chi connectivity index (χ4v) is 2.68. The van der Waals surface area contributed by atoms with E-state index >= 15 is 0 Å². The van der Waals surface area contributed by atoms with Crippen molar-refractivity contribution in [1.82, 2.24) is 10.2 Å². The molecule has 0 radical (unpaired) electrons. The first-order valence-corrected chi connectivity index (χ1v) is 6.40. The Labute approximate surface area is 102 Å². The van der Waals surface area contributed by atoms with Crippen LogP contribution in [0.4, 0.5) is 0 Å². The number of nitrogens with zero attached hydrogens (tertiary/aromatic N) is 1. The number of hydrogen-bond donors (Lipinski definition) is 2. The Bertz CT molecular complexity index is 319. The fourth-order valence-electron chi connectivity index (χ4n) is 2.68. The third-order valence-electron chi connectivity index (χ3n) is 4.02. The summed E-state index contributed by atoms with van der Waals surface area (Å²) in [7, 11) is 0. The third-order valence-corrected chi connectivity index (χ3v) is 4.02. The number of piperidine rings is 1. The van der Waals surface area contributed by atoms with Gasteiger partial charge in [0.1, 0.15) is 6.04 Å². The quantitative estimate of drug-likeness (QED) is 0.695. The maximum Gasteiger partial charge on any atom is 0.245 e. The van der Waals surface area contributed by atoms with Gasteiger partial charge in [-0.2, -0.15) is 0 Å². The molecule has 0 aromatic heterocycles. The Morgan fingerprint density at radius 1 is 1.53 bits per heavy atom. The van der Waals surface area contributed by atoms with Crippen molar-refractivity contribution in [3.05, 3.63) is 0 Å². The Kier molecular flexibility index (Phi) is 3.66. The molecule has 2 heterocycles. The summed E-state index contributed by atoms with van der Waals surface area (Å²) in [6.07, 6.45) is 2.12. The van der Waals surface area contributed by atoms with Gasteiger partial charge in [0.05, 0.1) is 0 Å². The van der Waals surface area contributed by atoms with Gasteiger partial charge in [-0.3, -0.25) is 9.59 Å². The van der Waals surface area contributed by atoms with Crippen LogP contribution in [0.15, 0.2) is 0 Å². The minimum Gasteiger partial charge on any atom is -0.344 e. The summed E-state index contributed by atoms with van der Waals surface area (Å²) in [4.78, 5) is 25.2. The lowest BCUT2D eigenvalue weighted by molar-refractivity contribution is -0.136. The van der Waals surface area contributed by atoms with Gasteiger partial charge in [0.25, 0.3) is 0 Å². The summed E-state index contributed by atoms with van der Waals surface area (Å²) < 4.78 is 0. The van der Waals surface area contributed by atoms with Crippen LogP contribution in [-0.4, -0.2) is 42.4 Å². The van der Waals surface area contributed by atoms with E-state index < -0.39 is 0 Å². The molecule has 3 atom stereocenters. The van der Waals surface area contributed by atoms with E-state index in [9.17, 15) is 9.59 Å². The number of rotatable bonds is 2. The molecule has 0 aromatic rings. The zero-order valence-electron chi connectivity index (χ0n) is 10.3. The number of carbonyl (C=O) groups is 2. The average molecular weight is 239 g/mol. The zero-order chi connectivity index (χ0) is 12.4. The van der Waals surface area contributed by atoms with Crippen LogP contribution in [0.1, 0.15) is 26.2 Å². The second-order valence-corrected chi connectivity index (χ2v) is 5.20. The molecular formula is C12H21N3O2. The number of nitrogens with one attached hydrogen (secondary N) is 1. The highest BCUT2D eigenvalue weighted by molar-refractivity contribution is 5.90. The van der Waals surface area contributed by atoms with Gasteiger partial charge in [0, 0.05) is 19.5 Å². The van der Waals surface area contributed by atoms with Crippen LogP contribution in [0.2, 0.25) is 0 Å². The molecule has 0 aromatic carbocycles. The molecule has 96 valence electrons. The molecular weight excluding hydrogens is 218 g/mol. The molecule has 0 saturated carbocycles. The first-order valence-electron chi connectivity index (χ1n) is 6.40. The van der Waals surface area contributed by atoms with E-state index in [2.05, 4.69) is 12.2 Å². The zero-order valence-corrected chi connectivity index (χ0v) is 10.3. The lowest BCUT2D eigenvalue weighted by atomic mass is 9.87. The predicted octanol–water partition coefficient (Wildman–Crippen LogP) is -0.292. The molecule has 2 aliphatic rings. The second-order valence-electron chi connectivity index (χ2n) is 5.20. The maximum absolute atomic E-state index is 12.2. The Hall–Kier alpha value is -1.10. The van der Waals surface area contributed by atoms with Crippen LogP contribution < -0.4 is 11.1 Å². The van der Waals surface area contributed by atoms with E-state index in [-0.39, 0.29) is 17.9 Å². The van der Waals surface area contributed by atoms with Crippen LogP contribution in [0, 0.1) is 11.8 Å². The Morgan fingerprint density at radius 2 is 2.29 bits per heavy atom. The Morgan fingerprint density at radius 3 is 2.88 bits per heavy atom. The first kappa shape index (κ1) is 12.4. The standard InChI is InChI=1S/C12H21N3O2/c1-8-4-5-15(7-9(8)6-13)12(17)10-2-3-11(16)14-10/h8-10H,2-7,13H2,1H3,(H,14,16). The lowest BCUT2D eigenvalue weighted by Gasteiger charge is -2.37. The van der Waals surface area contributed by atoms with Crippen molar-refractivity contribution in [3.8, 4) is 0 Å². The van der Waals surface area contributed by atoms with Crippen molar-refractivity contribution in [3.63, 3.8) is 0 Å². The SMILES string of the molecule is CC1CCN(C(=O)C2CCC(=O)N2)CC1CN. The van der Waals surface area contributed by atoms with Crippen LogP contribution in [0.5, 0.6) is 0 Å².